The minimum absolute atomic E-state index is 0.0709. The molecule has 4 radical (unpaired) electrons. The third-order valence-corrected chi connectivity index (χ3v) is 10.9. The number of carbonyl (C=O) groups excluding carboxylic acids is 2. The maximum Gasteiger partial charge on any atom is 0.272 e. The van der Waals surface area contributed by atoms with E-state index in [-0.39, 0.29) is 31.0 Å². The number of aryl methyl sites for hydroxylation is 1. The molecule has 10 nitrogen and oxygen atoms in total. The Morgan fingerprint density at radius 2 is 1.89 bits per heavy atom. The molecule has 2 aromatic rings. The Kier molecular flexibility index (Phi) is 6.57. The highest BCUT2D eigenvalue weighted by atomic mass is 32.2. The average Bonchev–Trinajstić information content (AvgIpc) is 3.55. The molecule has 1 aromatic carbocycles. The van der Waals surface area contributed by atoms with Crippen LogP contribution < -0.4 is 5.32 Å². The Morgan fingerprint density at radius 1 is 1.27 bits per heavy atom. The number of aromatic nitrogens is 2. The van der Waals surface area contributed by atoms with E-state index in [9.17, 15) is 23.1 Å². The fourth-order valence-electron chi connectivity index (χ4n) is 4.62. The SMILES string of the molecule is [B]C([B])(O)C(C)(C)S(=O)(=O)C1(CN2CCc3c(C(=O)NCc4ccc(C#N)cc4)nn(C)c3C2=O)CC1. The van der Waals surface area contributed by atoms with Crippen molar-refractivity contribution in [1.82, 2.24) is 20.0 Å². The van der Waals surface area contributed by atoms with Gasteiger partial charge in [-0.05, 0) is 50.8 Å². The normalized spacial score (nSPS) is 17.2. The maximum absolute atomic E-state index is 13.4. The molecule has 0 spiro atoms. The number of fused-ring (bicyclic) bond motifs is 1. The molecule has 0 unspecified atom stereocenters. The number of hydrogen-bond donors (Lipinski definition) is 2. The second-order valence-corrected chi connectivity index (χ2v) is 13.2. The van der Waals surface area contributed by atoms with E-state index in [1.807, 2.05) is 6.07 Å². The van der Waals surface area contributed by atoms with E-state index < -0.39 is 36.5 Å². The topological polar surface area (TPSA) is 145 Å². The monoisotopic (exact) mass is 519 g/mol. The quantitative estimate of drug-likeness (QED) is 0.465. The number of nitrogens with one attached hydrogen (secondary N) is 1. The van der Waals surface area contributed by atoms with Gasteiger partial charge in [0.15, 0.2) is 15.5 Å². The van der Waals surface area contributed by atoms with Crippen molar-refractivity contribution in [3.8, 4) is 6.07 Å². The third-order valence-electron chi connectivity index (χ3n) is 7.51. The molecule has 2 heterocycles. The van der Waals surface area contributed by atoms with Crippen LogP contribution in [-0.4, -0.2) is 83.7 Å². The Morgan fingerprint density at radius 3 is 2.43 bits per heavy atom. The van der Waals surface area contributed by atoms with Crippen LogP contribution in [0.5, 0.6) is 0 Å². The number of nitrogens with zero attached hydrogens (tertiary/aromatic N) is 4. The van der Waals surface area contributed by atoms with Crippen LogP contribution >= 0.6 is 0 Å². The molecule has 1 saturated carbocycles. The highest BCUT2D eigenvalue weighted by molar-refractivity contribution is 7.94. The van der Waals surface area contributed by atoms with Gasteiger partial charge in [-0.3, -0.25) is 14.3 Å². The summed E-state index contributed by atoms with van der Waals surface area (Å²) in [5.41, 5.74) is 2.21. The number of hydrogen-bond acceptors (Lipinski definition) is 7. The second kappa shape index (κ2) is 9.03. The number of sulfone groups is 1. The van der Waals surface area contributed by atoms with E-state index in [1.54, 1.807) is 31.3 Å². The van der Waals surface area contributed by atoms with E-state index in [0.29, 0.717) is 30.4 Å². The van der Waals surface area contributed by atoms with Crippen LogP contribution in [0.4, 0.5) is 0 Å². The maximum atomic E-state index is 13.4. The molecule has 0 saturated heterocycles. The van der Waals surface area contributed by atoms with Gasteiger partial charge in [0.2, 0.25) is 0 Å². The summed E-state index contributed by atoms with van der Waals surface area (Å²) in [5.74, 6) is -0.854. The molecule has 0 bridgehead atoms. The van der Waals surface area contributed by atoms with Crippen LogP contribution in [0.1, 0.15) is 64.4 Å². The van der Waals surface area contributed by atoms with Crippen LogP contribution in [0, 0.1) is 11.3 Å². The molecule has 2 amide bonds. The van der Waals surface area contributed by atoms with Gasteiger partial charge in [0.05, 0.1) is 21.1 Å². The van der Waals surface area contributed by atoms with Crippen LogP contribution in [0.15, 0.2) is 24.3 Å². The van der Waals surface area contributed by atoms with Crippen molar-refractivity contribution in [3.05, 3.63) is 52.3 Å². The van der Waals surface area contributed by atoms with Gasteiger partial charge in [0.25, 0.3) is 11.8 Å². The zero-order chi connectivity index (χ0) is 27.4. The lowest BCUT2D eigenvalue weighted by molar-refractivity contribution is 0.0723. The number of benzene rings is 1. The lowest BCUT2D eigenvalue weighted by atomic mass is 9.59. The number of amides is 2. The first-order valence-electron chi connectivity index (χ1n) is 11.8. The predicted molar refractivity (Wildman–Crippen MR) is 137 cm³/mol. The highest BCUT2D eigenvalue weighted by Gasteiger charge is 2.63. The first-order chi connectivity index (χ1) is 17.1. The van der Waals surface area contributed by atoms with Gasteiger partial charge in [-0.2, -0.15) is 10.4 Å². The molecule has 2 aliphatic rings. The summed E-state index contributed by atoms with van der Waals surface area (Å²) >= 11 is 0. The van der Waals surface area contributed by atoms with Crippen molar-refractivity contribution in [2.75, 3.05) is 13.1 Å². The summed E-state index contributed by atoms with van der Waals surface area (Å²) in [6.07, 6.45) is 0.964. The van der Waals surface area contributed by atoms with E-state index in [4.69, 9.17) is 21.0 Å². The van der Waals surface area contributed by atoms with Gasteiger partial charge in [0.1, 0.15) is 21.4 Å². The molecule has 4 rings (SSSR count). The van der Waals surface area contributed by atoms with E-state index in [1.165, 1.54) is 23.4 Å². The van der Waals surface area contributed by atoms with Crippen LogP contribution in [0.2, 0.25) is 0 Å². The van der Waals surface area contributed by atoms with Gasteiger partial charge in [-0.1, -0.05) is 12.1 Å². The fraction of sp³-hybridized carbons (Fsp3) is 0.500. The Balaban J connectivity index is 1.51. The summed E-state index contributed by atoms with van der Waals surface area (Å²) in [6.45, 7) is 2.92. The molecular formula is C24H27B2N5O5S. The minimum Gasteiger partial charge on any atom is -0.408 e. The van der Waals surface area contributed by atoms with E-state index in [0.717, 1.165) is 5.56 Å². The first-order valence-corrected chi connectivity index (χ1v) is 13.3. The van der Waals surface area contributed by atoms with Crippen LogP contribution in [0.25, 0.3) is 0 Å². The van der Waals surface area contributed by atoms with Gasteiger partial charge in [0, 0.05) is 37.6 Å². The molecule has 0 atom stereocenters. The molecule has 37 heavy (non-hydrogen) atoms. The van der Waals surface area contributed by atoms with E-state index in [2.05, 4.69) is 10.4 Å². The summed E-state index contributed by atoms with van der Waals surface area (Å²) in [6, 6.07) is 8.84. The van der Waals surface area contributed by atoms with Crippen molar-refractivity contribution < 1.29 is 23.1 Å². The fourth-order valence-corrected chi connectivity index (χ4v) is 7.10. The molecular weight excluding hydrogens is 492 g/mol. The lowest BCUT2D eigenvalue weighted by Gasteiger charge is -2.42. The van der Waals surface area contributed by atoms with Gasteiger partial charge in [-0.15, -0.1) is 0 Å². The lowest BCUT2D eigenvalue weighted by Crippen LogP contribution is -2.61. The van der Waals surface area contributed by atoms with Crippen molar-refractivity contribution in [2.24, 2.45) is 7.05 Å². The molecule has 13 heteroatoms. The summed E-state index contributed by atoms with van der Waals surface area (Å²) < 4.78 is 25.2. The molecule has 2 N–H and O–H groups in total. The van der Waals surface area contributed by atoms with Crippen LogP contribution in [0.3, 0.4) is 0 Å². The van der Waals surface area contributed by atoms with Crippen molar-refractivity contribution in [2.45, 2.75) is 54.5 Å². The Hall–Kier alpha value is -3.10. The predicted octanol–water partition coefficient (Wildman–Crippen LogP) is -0.0708. The Labute approximate surface area is 218 Å². The van der Waals surface area contributed by atoms with Crippen molar-refractivity contribution >= 4 is 37.3 Å². The largest absolute Gasteiger partial charge is 0.408 e. The minimum atomic E-state index is -4.04. The van der Waals surface area contributed by atoms with Crippen molar-refractivity contribution in [1.29, 1.82) is 5.26 Å². The average molecular weight is 519 g/mol. The number of carbonyl (C=O) groups is 2. The second-order valence-electron chi connectivity index (χ2n) is 10.3. The smallest absolute Gasteiger partial charge is 0.272 e. The molecule has 190 valence electrons. The molecule has 1 fully saturated rings. The third kappa shape index (κ3) is 4.46. The van der Waals surface area contributed by atoms with Gasteiger partial charge < -0.3 is 15.3 Å². The Bertz CT molecular complexity index is 1400. The molecule has 1 aromatic heterocycles. The number of nitriles is 1. The van der Waals surface area contributed by atoms with Crippen LogP contribution in [-0.2, 0) is 29.9 Å². The number of rotatable bonds is 8. The van der Waals surface area contributed by atoms with Gasteiger partial charge in [-0.25, -0.2) is 8.42 Å². The molecule has 1 aliphatic heterocycles. The molecule has 1 aliphatic carbocycles. The first kappa shape index (κ1) is 26.9. The summed E-state index contributed by atoms with van der Waals surface area (Å²) in [5, 5.41) is 23.7. The van der Waals surface area contributed by atoms with Crippen molar-refractivity contribution in [3.63, 3.8) is 0 Å². The van der Waals surface area contributed by atoms with Gasteiger partial charge >= 0.3 is 0 Å². The zero-order valence-corrected chi connectivity index (χ0v) is 21.8. The summed E-state index contributed by atoms with van der Waals surface area (Å²) in [7, 11) is 8.69. The zero-order valence-electron chi connectivity index (χ0n) is 21.0. The summed E-state index contributed by atoms with van der Waals surface area (Å²) in [4.78, 5) is 27.8. The van der Waals surface area contributed by atoms with E-state index >= 15 is 0 Å². The standard InChI is InChI=1S/C24H27B2N5O5S/c1-22(2,24(25,26)34)37(35,36)23(9-10-23)14-31-11-8-17-18(29-30(3)19(17)21(31)33)20(32)28-13-16-6-4-15(12-27)5-7-16/h4-7,34H,8-11,13-14H2,1-3H3,(H,28,32). The highest BCUT2D eigenvalue weighted by Crippen LogP contribution is 2.50. The number of aliphatic hydroxyl groups is 1.